The fourth-order valence-corrected chi connectivity index (χ4v) is 3.99. The molecule has 2 heterocycles. The van der Waals surface area contributed by atoms with Crippen molar-refractivity contribution in [1.82, 2.24) is 5.32 Å². The molecule has 2 saturated heterocycles. The Balaban J connectivity index is 1.60. The summed E-state index contributed by atoms with van der Waals surface area (Å²) in [5.41, 5.74) is 0. The summed E-state index contributed by atoms with van der Waals surface area (Å²) in [6.45, 7) is 7.32. The second-order valence-corrected chi connectivity index (χ2v) is 7.67. The summed E-state index contributed by atoms with van der Waals surface area (Å²) < 4.78 is 18.3. The van der Waals surface area contributed by atoms with Gasteiger partial charge in [0.1, 0.15) is 6.10 Å². The van der Waals surface area contributed by atoms with Crippen molar-refractivity contribution >= 4 is 5.91 Å². The fraction of sp³-hybridized carbons (Fsp3) is 0.944. The average molecular weight is 325 g/mol. The standard InChI is InChI=1S/C18H31NO4/c1-4-17(3)22-15-6-5-11-21-18(15,23-17)12-19-16(20)14-9-7-13(2)8-10-14/h13-15H,4-12H2,1-3H3,(H,19,20). The molecule has 0 radical (unpaired) electrons. The van der Waals surface area contributed by atoms with Gasteiger partial charge in [-0.3, -0.25) is 4.79 Å². The van der Waals surface area contributed by atoms with E-state index >= 15 is 0 Å². The molecule has 3 atom stereocenters. The molecule has 0 aromatic rings. The molecule has 1 amide bonds. The van der Waals surface area contributed by atoms with Gasteiger partial charge in [0, 0.05) is 5.92 Å². The van der Waals surface area contributed by atoms with Crippen LogP contribution in [0.15, 0.2) is 0 Å². The zero-order chi connectivity index (χ0) is 16.5. The third kappa shape index (κ3) is 3.57. The van der Waals surface area contributed by atoms with Crippen molar-refractivity contribution in [2.45, 2.75) is 83.4 Å². The fourth-order valence-electron chi connectivity index (χ4n) is 3.99. The molecule has 0 bridgehead atoms. The maximum absolute atomic E-state index is 12.5. The highest BCUT2D eigenvalue weighted by Gasteiger charge is 2.56. The van der Waals surface area contributed by atoms with Gasteiger partial charge >= 0.3 is 0 Å². The first-order valence-corrected chi connectivity index (χ1v) is 9.26. The zero-order valence-electron chi connectivity index (χ0n) is 14.7. The number of fused-ring (bicyclic) bond motifs is 1. The largest absolute Gasteiger partial charge is 0.350 e. The SMILES string of the molecule is CCC1(C)OC2CCCOC2(CNC(=O)C2CCC(C)CC2)O1. The average Bonchev–Trinajstić information content (AvgIpc) is 2.86. The lowest BCUT2D eigenvalue weighted by Crippen LogP contribution is -2.55. The zero-order valence-corrected chi connectivity index (χ0v) is 14.7. The Kier molecular flexibility index (Phi) is 5.00. The Morgan fingerprint density at radius 1 is 1.22 bits per heavy atom. The lowest BCUT2D eigenvalue weighted by molar-refractivity contribution is -0.266. The molecular weight excluding hydrogens is 294 g/mol. The molecule has 23 heavy (non-hydrogen) atoms. The minimum atomic E-state index is -0.805. The quantitative estimate of drug-likeness (QED) is 0.863. The van der Waals surface area contributed by atoms with Crippen molar-refractivity contribution in [3.05, 3.63) is 0 Å². The number of amides is 1. The van der Waals surface area contributed by atoms with E-state index in [0.717, 1.165) is 50.9 Å². The molecule has 5 heteroatoms. The van der Waals surface area contributed by atoms with E-state index in [1.165, 1.54) is 0 Å². The number of hydrogen-bond donors (Lipinski definition) is 1. The second kappa shape index (κ2) is 6.69. The monoisotopic (exact) mass is 325 g/mol. The van der Waals surface area contributed by atoms with Gasteiger partial charge in [0.25, 0.3) is 0 Å². The number of rotatable bonds is 4. The number of nitrogens with one attached hydrogen (secondary N) is 1. The van der Waals surface area contributed by atoms with E-state index in [1.54, 1.807) is 0 Å². The number of carbonyl (C=O) groups excluding carboxylic acids is 1. The Morgan fingerprint density at radius 3 is 2.65 bits per heavy atom. The second-order valence-electron chi connectivity index (χ2n) is 7.67. The van der Waals surface area contributed by atoms with Crippen LogP contribution in [0.25, 0.3) is 0 Å². The Bertz CT molecular complexity index is 435. The molecule has 132 valence electrons. The van der Waals surface area contributed by atoms with Gasteiger partial charge in [0.2, 0.25) is 11.7 Å². The normalized spacial score (nSPS) is 43.9. The van der Waals surface area contributed by atoms with Gasteiger partial charge in [-0.1, -0.05) is 13.8 Å². The summed E-state index contributed by atoms with van der Waals surface area (Å²) in [6.07, 6.45) is 6.86. The van der Waals surface area contributed by atoms with Crippen LogP contribution in [0.5, 0.6) is 0 Å². The molecule has 3 fully saturated rings. The van der Waals surface area contributed by atoms with Crippen LogP contribution in [0.1, 0.15) is 65.7 Å². The van der Waals surface area contributed by atoms with Gasteiger partial charge in [-0.25, -0.2) is 0 Å². The molecule has 2 aliphatic heterocycles. The number of carbonyl (C=O) groups is 1. The summed E-state index contributed by atoms with van der Waals surface area (Å²) in [6, 6.07) is 0. The first-order chi connectivity index (χ1) is 11.0. The van der Waals surface area contributed by atoms with Crippen LogP contribution in [-0.2, 0) is 19.0 Å². The highest BCUT2D eigenvalue weighted by atomic mass is 16.8. The molecule has 3 rings (SSSR count). The Morgan fingerprint density at radius 2 is 1.96 bits per heavy atom. The van der Waals surface area contributed by atoms with E-state index < -0.39 is 11.6 Å². The maximum atomic E-state index is 12.5. The highest BCUT2D eigenvalue weighted by molar-refractivity contribution is 5.78. The van der Waals surface area contributed by atoms with Gasteiger partial charge in [0.15, 0.2) is 5.79 Å². The van der Waals surface area contributed by atoms with E-state index in [4.69, 9.17) is 14.2 Å². The summed E-state index contributed by atoms with van der Waals surface area (Å²) in [5, 5.41) is 3.09. The molecular formula is C18H31NO4. The molecule has 0 spiro atoms. The maximum Gasteiger partial charge on any atom is 0.223 e. The van der Waals surface area contributed by atoms with Crippen molar-refractivity contribution in [1.29, 1.82) is 0 Å². The summed E-state index contributed by atoms with van der Waals surface area (Å²) >= 11 is 0. The van der Waals surface area contributed by atoms with Crippen LogP contribution in [0, 0.1) is 11.8 Å². The van der Waals surface area contributed by atoms with Gasteiger partial charge in [-0.15, -0.1) is 0 Å². The van der Waals surface area contributed by atoms with E-state index in [0.29, 0.717) is 13.2 Å². The third-order valence-corrected chi connectivity index (χ3v) is 5.77. The lowest BCUT2D eigenvalue weighted by Gasteiger charge is -2.37. The molecule has 3 aliphatic rings. The van der Waals surface area contributed by atoms with Crippen LogP contribution in [0.2, 0.25) is 0 Å². The van der Waals surface area contributed by atoms with Crippen molar-refractivity contribution in [2.24, 2.45) is 11.8 Å². The molecule has 1 aliphatic carbocycles. The molecule has 1 saturated carbocycles. The predicted molar refractivity (Wildman–Crippen MR) is 86.7 cm³/mol. The van der Waals surface area contributed by atoms with Crippen molar-refractivity contribution < 1.29 is 19.0 Å². The first-order valence-electron chi connectivity index (χ1n) is 9.26. The molecule has 5 nitrogen and oxygen atoms in total. The van der Waals surface area contributed by atoms with Gasteiger partial charge < -0.3 is 19.5 Å². The van der Waals surface area contributed by atoms with Crippen molar-refractivity contribution in [2.75, 3.05) is 13.2 Å². The van der Waals surface area contributed by atoms with Crippen LogP contribution in [0.3, 0.4) is 0 Å². The van der Waals surface area contributed by atoms with E-state index in [2.05, 4.69) is 12.2 Å². The number of hydrogen-bond acceptors (Lipinski definition) is 4. The van der Waals surface area contributed by atoms with E-state index in [1.807, 2.05) is 13.8 Å². The number of ether oxygens (including phenoxy) is 3. The van der Waals surface area contributed by atoms with E-state index in [-0.39, 0.29) is 17.9 Å². The highest BCUT2D eigenvalue weighted by Crippen LogP contribution is 2.43. The topological polar surface area (TPSA) is 56.8 Å². The minimum absolute atomic E-state index is 0.0899. The summed E-state index contributed by atoms with van der Waals surface area (Å²) in [7, 11) is 0. The van der Waals surface area contributed by atoms with Gasteiger partial charge in [-0.05, 0) is 57.8 Å². The minimum Gasteiger partial charge on any atom is -0.350 e. The summed E-state index contributed by atoms with van der Waals surface area (Å²) in [5.74, 6) is -0.376. The van der Waals surface area contributed by atoms with Crippen molar-refractivity contribution in [3.63, 3.8) is 0 Å². The van der Waals surface area contributed by atoms with E-state index in [9.17, 15) is 4.79 Å². The Hall–Kier alpha value is -0.650. The van der Waals surface area contributed by atoms with Crippen LogP contribution in [-0.4, -0.2) is 36.7 Å². The van der Waals surface area contributed by atoms with Gasteiger partial charge in [0.05, 0.1) is 13.2 Å². The third-order valence-electron chi connectivity index (χ3n) is 5.77. The Labute approximate surface area is 139 Å². The van der Waals surface area contributed by atoms with Crippen LogP contribution in [0.4, 0.5) is 0 Å². The molecule has 1 N–H and O–H groups in total. The van der Waals surface area contributed by atoms with Gasteiger partial charge in [-0.2, -0.15) is 0 Å². The summed E-state index contributed by atoms with van der Waals surface area (Å²) in [4.78, 5) is 12.5. The first kappa shape index (κ1) is 17.2. The molecule has 0 aromatic carbocycles. The molecule has 0 aromatic heterocycles. The molecule has 3 unspecified atom stereocenters. The smallest absolute Gasteiger partial charge is 0.223 e. The van der Waals surface area contributed by atoms with Crippen LogP contribution >= 0.6 is 0 Å². The lowest BCUT2D eigenvalue weighted by atomic mass is 9.82. The predicted octanol–water partition coefficient (Wildman–Crippen LogP) is 2.98. The van der Waals surface area contributed by atoms with Crippen LogP contribution < -0.4 is 5.32 Å². The van der Waals surface area contributed by atoms with Crippen molar-refractivity contribution in [3.8, 4) is 0 Å².